The van der Waals surface area contributed by atoms with E-state index in [1.54, 1.807) is 7.11 Å². The number of methoxy groups -OCH3 is 1. The third-order valence-electron chi connectivity index (χ3n) is 1.67. The van der Waals surface area contributed by atoms with Crippen LogP contribution in [0, 0.1) is 0 Å². The van der Waals surface area contributed by atoms with Crippen molar-refractivity contribution in [3.8, 4) is 5.75 Å². The molecule has 0 amide bonds. The molecule has 70 valence electrons. The van der Waals surface area contributed by atoms with E-state index >= 15 is 0 Å². The van der Waals surface area contributed by atoms with Crippen molar-refractivity contribution in [2.45, 2.75) is 13.5 Å². The number of benzene rings is 1. The van der Waals surface area contributed by atoms with Crippen molar-refractivity contribution in [3.05, 3.63) is 42.2 Å². The number of ether oxygens (including phenoxy) is 2. The van der Waals surface area contributed by atoms with Crippen LogP contribution in [0.4, 0.5) is 0 Å². The minimum atomic E-state index is 0.513. The highest BCUT2D eigenvalue weighted by Crippen LogP contribution is 2.18. The molecule has 0 spiro atoms. The molecule has 0 radical (unpaired) electrons. The molecule has 0 aromatic heterocycles. The Bertz CT molecular complexity index is 292. The molecule has 0 aliphatic heterocycles. The molecule has 1 rings (SSSR count). The van der Waals surface area contributed by atoms with Gasteiger partial charge in [-0.2, -0.15) is 0 Å². The summed E-state index contributed by atoms with van der Waals surface area (Å²) in [5, 5.41) is 0. The van der Waals surface area contributed by atoms with E-state index in [1.807, 2.05) is 31.2 Å². The van der Waals surface area contributed by atoms with Crippen molar-refractivity contribution in [3.63, 3.8) is 0 Å². The molecule has 2 heteroatoms. The Morgan fingerprint density at radius 3 is 2.69 bits per heavy atom. The van der Waals surface area contributed by atoms with Crippen LogP contribution in [0.5, 0.6) is 5.75 Å². The van der Waals surface area contributed by atoms with E-state index < -0.39 is 0 Å². The van der Waals surface area contributed by atoms with Crippen LogP contribution < -0.4 is 4.74 Å². The molecule has 0 N–H and O–H groups in total. The van der Waals surface area contributed by atoms with Gasteiger partial charge in [-0.15, -0.1) is 0 Å². The van der Waals surface area contributed by atoms with E-state index in [2.05, 4.69) is 6.58 Å². The quantitative estimate of drug-likeness (QED) is 0.660. The van der Waals surface area contributed by atoms with Gasteiger partial charge in [-0.05, 0) is 13.0 Å². The second-order valence-electron chi connectivity index (χ2n) is 2.80. The lowest BCUT2D eigenvalue weighted by molar-refractivity contribution is 0.198. The summed E-state index contributed by atoms with van der Waals surface area (Å²) in [6.45, 7) is 6.00. The maximum atomic E-state index is 5.30. The van der Waals surface area contributed by atoms with Gasteiger partial charge < -0.3 is 9.47 Å². The minimum absolute atomic E-state index is 0.513. The Hall–Kier alpha value is -1.44. The van der Waals surface area contributed by atoms with Gasteiger partial charge in [-0.3, -0.25) is 0 Å². The predicted molar refractivity (Wildman–Crippen MR) is 52.6 cm³/mol. The highest BCUT2D eigenvalue weighted by atomic mass is 16.5. The predicted octanol–water partition coefficient (Wildman–Crippen LogP) is 2.75. The maximum absolute atomic E-state index is 5.30. The fourth-order valence-electron chi connectivity index (χ4n) is 1.02. The molecule has 0 saturated heterocycles. The Morgan fingerprint density at radius 2 is 2.08 bits per heavy atom. The summed E-state index contributed by atoms with van der Waals surface area (Å²) in [5.74, 6) is 1.56. The van der Waals surface area contributed by atoms with E-state index in [1.165, 1.54) is 0 Å². The topological polar surface area (TPSA) is 18.5 Å². The highest BCUT2D eigenvalue weighted by Gasteiger charge is 2.00. The van der Waals surface area contributed by atoms with Gasteiger partial charge in [0.05, 0.1) is 12.9 Å². The first-order chi connectivity index (χ1) is 6.24. The molecule has 13 heavy (non-hydrogen) atoms. The first-order valence-electron chi connectivity index (χ1n) is 4.14. The van der Waals surface area contributed by atoms with Crippen LogP contribution in [0.3, 0.4) is 0 Å². The van der Waals surface area contributed by atoms with Crippen molar-refractivity contribution in [2.24, 2.45) is 0 Å². The second-order valence-corrected chi connectivity index (χ2v) is 2.80. The van der Waals surface area contributed by atoms with Crippen LogP contribution in [0.2, 0.25) is 0 Å². The molecule has 0 saturated carbocycles. The largest absolute Gasteiger partial charge is 0.496 e. The Balaban J connectivity index is 2.69. The molecule has 0 fully saturated rings. The number of hydrogen-bond donors (Lipinski definition) is 0. The molecule has 2 nitrogen and oxygen atoms in total. The Morgan fingerprint density at radius 1 is 1.38 bits per heavy atom. The lowest BCUT2D eigenvalue weighted by Crippen LogP contribution is -1.94. The van der Waals surface area contributed by atoms with Gasteiger partial charge >= 0.3 is 0 Å². The Kier molecular flexibility index (Phi) is 3.38. The highest BCUT2D eigenvalue weighted by molar-refractivity contribution is 5.32. The number of allylic oxidation sites excluding steroid dienone is 1. The lowest BCUT2D eigenvalue weighted by Gasteiger charge is -2.09. The summed E-state index contributed by atoms with van der Waals surface area (Å²) >= 11 is 0. The summed E-state index contributed by atoms with van der Waals surface area (Å²) in [7, 11) is 1.65. The zero-order chi connectivity index (χ0) is 9.68. The zero-order valence-corrected chi connectivity index (χ0v) is 8.04. The molecular weight excluding hydrogens is 164 g/mol. The Labute approximate surface area is 78.8 Å². The first-order valence-corrected chi connectivity index (χ1v) is 4.14. The normalized spacial score (nSPS) is 9.38. The molecular formula is C11H14O2. The SMILES string of the molecule is C=C(C)OCc1ccccc1OC. The van der Waals surface area contributed by atoms with Crippen LogP contribution in [-0.2, 0) is 11.3 Å². The van der Waals surface area contributed by atoms with Crippen LogP contribution in [0.1, 0.15) is 12.5 Å². The van der Waals surface area contributed by atoms with Crippen molar-refractivity contribution >= 4 is 0 Å². The first kappa shape index (κ1) is 9.65. The maximum Gasteiger partial charge on any atom is 0.125 e. The van der Waals surface area contributed by atoms with Crippen LogP contribution in [-0.4, -0.2) is 7.11 Å². The van der Waals surface area contributed by atoms with Gasteiger partial charge in [0.15, 0.2) is 0 Å². The fourth-order valence-corrected chi connectivity index (χ4v) is 1.02. The summed E-state index contributed by atoms with van der Waals surface area (Å²) in [6, 6.07) is 7.78. The summed E-state index contributed by atoms with van der Waals surface area (Å²) in [4.78, 5) is 0. The average molecular weight is 178 g/mol. The molecule has 0 aliphatic carbocycles. The monoisotopic (exact) mass is 178 g/mol. The average Bonchev–Trinajstić information content (AvgIpc) is 2.15. The molecule has 1 aromatic carbocycles. The van der Waals surface area contributed by atoms with Crippen LogP contribution >= 0.6 is 0 Å². The molecule has 0 atom stereocenters. The summed E-state index contributed by atoms with van der Waals surface area (Å²) in [6.07, 6.45) is 0. The zero-order valence-electron chi connectivity index (χ0n) is 8.04. The lowest BCUT2D eigenvalue weighted by atomic mass is 10.2. The van der Waals surface area contributed by atoms with Gasteiger partial charge in [0.2, 0.25) is 0 Å². The number of rotatable bonds is 4. The van der Waals surface area contributed by atoms with Gasteiger partial charge in [0.1, 0.15) is 12.4 Å². The third-order valence-corrected chi connectivity index (χ3v) is 1.67. The van der Waals surface area contributed by atoms with Gasteiger partial charge in [-0.1, -0.05) is 24.8 Å². The van der Waals surface area contributed by atoms with Gasteiger partial charge in [-0.25, -0.2) is 0 Å². The third kappa shape index (κ3) is 2.82. The molecule has 0 heterocycles. The molecule has 0 aliphatic rings. The molecule has 1 aromatic rings. The summed E-state index contributed by atoms with van der Waals surface area (Å²) in [5.41, 5.74) is 1.04. The number of para-hydroxylation sites is 1. The minimum Gasteiger partial charge on any atom is -0.496 e. The van der Waals surface area contributed by atoms with E-state index in [0.29, 0.717) is 12.4 Å². The summed E-state index contributed by atoms with van der Waals surface area (Å²) < 4.78 is 10.5. The molecule has 0 unspecified atom stereocenters. The van der Waals surface area contributed by atoms with E-state index in [0.717, 1.165) is 11.3 Å². The second kappa shape index (κ2) is 4.55. The molecule has 0 bridgehead atoms. The fraction of sp³-hybridized carbons (Fsp3) is 0.273. The van der Waals surface area contributed by atoms with Crippen molar-refractivity contribution in [1.29, 1.82) is 0 Å². The van der Waals surface area contributed by atoms with E-state index in [-0.39, 0.29) is 0 Å². The number of hydrogen-bond acceptors (Lipinski definition) is 2. The van der Waals surface area contributed by atoms with Crippen molar-refractivity contribution in [2.75, 3.05) is 7.11 Å². The van der Waals surface area contributed by atoms with Gasteiger partial charge in [0.25, 0.3) is 0 Å². The van der Waals surface area contributed by atoms with Gasteiger partial charge in [0, 0.05) is 5.56 Å². The van der Waals surface area contributed by atoms with Crippen molar-refractivity contribution < 1.29 is 9.47 Å². The van der Waals surface area contributed by atoms with Crippen LogP contribution in [0.25, 0.3) is 0 Å². The standard InChI is InChI=1S/C11H14O2/c1-9(2)13-8-10-6-4-5-7-11(10)12-3/h4-7H,1,8H2,2-3H3. The smallest absolute Gasteiger partial charge is 0.125 e. The van der Waals surface area contributed by atoms with E-state index in [9.17, 15) is 0 Å². The van der Waals surface area contributed by atoms with Crippen LogP contribution in [0.15, 0.2) is 36.6 Å². The van der Waals surface area contributed by atoms with E-state index in [4.69, 9.17) is 9.47 Å². The van der Waals surface area contributed by atoms with Crippen molar-refractivity contribution in [1.82, 2.24) is 0 Å².